The highest BCUT2D eigenvalue weighted by Crippen LogP contribution is 2.19. The molecule has 0 unspecified atom stereocenters. The van der Waals surface area contributed by atoms with Gasteiger partial charge in [-0.05, 0) is 85.5 Å². The van der Waals surface area contributed by atoms with Crippen molar-refractivity contribution < 1.29 is 0 Å². The molecular weight excluding hydrogens is 370 g/mol. The summed E-state index contributed by atoms with van der Waals surface area (Å²) in [5, 5.41) is 0.470. The quantitative estimate of drug-likeness (QED) is 0.469. The Bertz CT molecular complexity index is 1360. The number of aromatic nitrogens is 3. The van der Waals surface area contributed by atoms with Gasteiger partial charge in [0.2, 0.25) is 0 Å². The SMILES string of the molecule is C#Cc1ccc(-n2c(/C=C/c3cc(C)c(C)c(C)c3)nc3ncccc3c2=O)cc1. The van der Waals surface area contributed by atoms with Crippen LogP contribution in [-0.2, 0) is 0 Å². The monoisotopic (exact) mass is 391 g/mol. The normalized spacial score (nSPS) is 11.1. The van der Waals surface area contributed by atoms with E-state index < -0.39 is 0 Å². The van der Waals surface area contributed by atoms with Crippen LogP contribution in [0.4, 0.5) is 0 Å². The highest BCUT2D eigenvalue weighted by atomic mass is 16.1. The third-order valence-corrected chi connectivity index (χ3v) is 5.34. The third-order valence-electron chi connectivity index (χ3n) is 5.34. The highest BCUT2D eigenvalue weighted by molar-refractivity contribution is 5.77. The molecule has 0 spiro atoms. The van der Waals surface area contributed by atoms with E-state index in [0.717, 1.165) is 11.1 Å². The molecule has 0 radical (unpaired) electrons. The summed E-state index contributed by atoms with van der Waals surface area (Å²) in [6, 6.07) is 15.0. The molecule has 146 valence electrons. The first-order valence-electron chi connectivity index (χ1n) is 9.68. The lowest BCUT2D eigenvalue weighted by Gasteiger charge is -2.11. The topological polar surface area (TPSA) is 47.8 Å². The molecule has 4 heteroatoms. The summed E-state index contributed by atoms with van der Waals surface area (Å²) in [4.78, 5) is 22.2. The molecule has 0 N–H and O–H groups in total. The molecule has 0 amide bonds. The molecule has 4 rings (SSSR count). The molecule has 0 saturated carbocycles. The maximum absolute atomic E-state index is 13.3. The second-order valence-corrected chi connectivity index (χ2v) is 7.29. The number of nitrogens with zero attached hydrogens (tertiary/aromatic N) is 3. The maximum Gasteiger partial charge on any atom is 0.267 e. The number of hydrogen-bond donors (Lipinski definition) is 0. The molecule has 0 saturated heterocycles. The van der Waals surface area contributed by atoms with Crippen molar-refractivity contribution in [3.8, 4) is 18.0 Å². The largest absolute Gasteiger partial charge is 0.268 e. The first kappa shape index (κ1) is 19.4. The average Bonchev–Trinajstić information content (AvgIpc) is 2.76. The average molecular weight is 391 g/mol. The second-order valence-electron chi connectivity index (χ2n) is 7.29. The minimum absolute atomic E-state index is 0.169. The number of benzene rings is 2. The van der Waals surface area contributed by atoms with Crippen molar-refractivity contribution in [3.05, 3.63) is 98.7 Å². The van der Waals surface area contributed by atoms with Gasteiger partial charge < -0.3 is 0 Å². The molecule has 0 atom stereocenters. The molecule has 2 aromatic carbocycles. The van der Waals surface area contributed by atoms with Crippen LogP contribution in [0.5, 0.6) is 0 Å². The van der Waals surface area contributed by atoms with Crippen LogP contribution in [0.15, 0.2) is 59.5 Å². The molecule has 2 heterocycles. The second kappa shape index (κ2) is 7.81. The van der Waals surface area contributed by atoms with Gasteiger partial charge in [0.1, 0.15) is 5.82 Å². The van der Waals surface area contributed by atoms with Crippen molar-refractivity contribution in [2.75, 3.05) is 0 Å². The Morgan fingerprint density at radius 1 is 1.00 bits per heavy atom. The van der Waals surface area contributed by atoms with Crippen LogP contribution < -0.4 is 5.56 Å². The molecule has 4 aromatic rings. The Hall–Kier alpha value is -3.97. The van der Waals surface area contributed by atoms with E-state index in [1.54, 1.807) is 22.9 Å². The first-order chi connectivity index (χ1) is 14.5. The van der Waals surface area contributed by atoms with Gasteiger partial charge in [0.25, 0.3) is 5.56 Å². The molecular formula is C26H21N3O. The Morgan fingerprint density at radius 2 is 1.70 bits per heavy atom. The van der Waals surface area contributed by atoms with Crippen molar-refractivity contribution in [2.24, 2.45) is 0 Å². The summed E-state index contributed by atoms with van der Waals surface area (Å²) in [5.41, 5.74) is 6.51. The zero-order valence-electron chi connectivity index (χ0n) is 17.2. The summed E-state index contributed by atoms with van der Waals surface area (Å²) < 4.78 is 1.59. The van der Waals surface area contributed by atoms with Crippen LogP contribution in [0.25, 0.3) is 28.9 Å². The molecule has 0 aliphatic heterocycles. The van der Waals surface area contributed by atoms with E-state index in [0.29, 0.717) is 22.5 Å². The molecule has 0 aliphatic carbocycles. The van der Waals surface area contributed by atoms with E-state index in [1.165, 1.54) is 16.7 Å². The Labute approximate surface area is 175 Å². The van der Waals surface area contributed by atoms with Gasteiger partial charge in [0, 0.05) is 11.8 Å². The van der Waals surface area contributed by atoms with Gasteiger partial charge in [0.05, 0.1) is 11.1 Å². The maximum atomic E-state index is 13.3. The fourth-order valence-corrected chi connectivity index (χ4v) is 3.44. The van der Waals surface area contributed by atoms with Crippen LogP contribution in [0, 0.1) is 33.1 Å². The molecule has 0 bridgehead atoms. The van der Waals surface area contributed by atoms with Crippen molar-refractivity contribution in [2.45, 2.75) is 20.8 Å². The van der Waals surface area contributed by atoms with Crippen LogP contribution in [0.1, 0.15) is 33.6 Å². The molecule has 0 aliphatic rings. The Morgan fingerprint density at radius 3 is 2.37 bits per heavy atom. The summed E-state index contributed by atoms with van der Waals surface area (Å²) in [6.45, 7) is 6.31. The Kier molecular flexibility index (Phi) is 5.04. The van der Waals surface area contributed by atoms with Gasteiger partial charge in [-0.1, -0.05) is 24.1 Å². The zero-order chi connectivity index (χ0) is 21.3. The summed E-state index contributed by atoms with van der Waals surface area (Å²) >= 11 is 0. The van der Waals surface area contributed by atoms with E-state index in [4.69, 9.17) is 6.42 Å². The van der Waals surface area contributed by atoms with E-state index in [1.807, 2.05) is 36.4 Å². The number of aryl methyl sites for hydroxylation is 2. The van der Waals surface area contributed by atoms with Crippen molar-refractivity contribution in [3.63, 3.8) is 0 Å². The van der Waals surface area contributed by atoms with Gasteiger partial charge in [-0.2, -0.15) is 0 Å². The fraction of sp³-hybridized carbons (Fsp3) is 0.115. The lowest BCUT2D eigenvalue weighted by atomic mass is 10.0. The molecule has 30 heavy (non-hydrogen) atoms. The summed E-state index contributed by atoms with van der Waals surface area (Å²) in [5.74, 6) is 3.11. The van der Waals surface area contributed by atoms with Crippen molar-refractivity contribution in [1.82, 2.24) is 14.5 Å². The number of terminal acetylenes is 1. The number of fused-ring (bicyclic) bond motifs is 1. The third kappa shape index (κ3) is 3.54. The minimum Gasteiger partial charge on any atom is -0.268 e. The van der Waals surface area contributed by atoms with E-state index in [9.17, 15) is 4.79 Å². The van der Waals surface area contributed by atoms with Gasteiger partial charge in [-0.3, -0.25) is 9.36 Å². The molecule has 0 fully saturated rings. The summed E-state index contributed by atoms with van der Waals surface area (Å²) in [6.07, 6.45) is 10.9. The van der Waals surface area contributed by atoms with Crippen LogP contribution in [-0.4, -0.2) is 14.5 Å². The molecule has 2 aromatic heterocycles. The molecule has 4 nitrogen and oxygen atoms in total. The van der Waals surface area contributed by atoms with Gasteiger partial charge in [-0.25, -0.2) is 9.97 Å². The number of pyridine rings is 1. The zero-order valence-corrected chi connectivity index (χ0v) is 17.2. The van der Waals surface area contributed by atoms with E-state index >= 15 is 0 Å². The van der Waals surface area contributed by atoms with Gasteiger partial charge >= 0.3 is 0 Å². The minimum atomic E-state index is -0.169. The van der Waals surface area contributed by atoms with Crippen LogP contribution in [0.2, 0.25) is 0 Å². The number of rotatable bonds is 3. The van der Waals surface area contributed by atoms with E-state index in [2.05, 4.69) is 48.8 Å². The predicted molar refractivity (Wildman–Crippen MR) is 123 cm³/mol. The van der Waals surface area contributed by atoms with Crippen molar-refractivity contribution >= 4 is 23.2 Å². The lowest BCUT2D eigenvalue weighted by molar-refractivity contribution is 0.937. The predicted octanol–water partition coefficient (Wildman–Crippen LogP) is 4.86. The first-order valence-corrected chi connectivity index (χ1v) is 9.68. The van der Waals surface area contributed by atoms with Gasteiger partial charge in [-0.15, -0.1) is 6.42 Å². The van der Waals surface area contributed by atoms with Gasteiger partial charge in [0.15, 0.2) is 5.65 Å². The van der Waals surface area contributed by atoms with E-state index in [-0.39, 0.29) is 5.56 Å². The smallest absolute Gasteiger partial charge is 0.267 e. The fourth-order valence-electron chi connectivity index (χ4n) is 3.44. The standard InChI is InChI=1S/C26H21N3O/c1-5-20-8-11-22(12-9-20)29-24(28-25-23(26(29)30)7-6-14-27-25)13-10-21-15-17(2)19(4)18(3)16-21/h1,6-16H,2-4H3/b13-10+. The lowest BCUT2D eigenvalue weighted by Crippen LogP contribution is -2.22. The van der Waals surface area contributed by atoms with Crippen molar-refractivity contribution in [1.29, 1.82) is 0 Å². The highest BCUT2D eigenvalue weighted by Gasteiger charge is 2.12. The number of hydrogen-bond acceptors (Lipinski definition) is 3. The van der Waals surface area contributed by atoms with Crippen LogP contribution in [0.3, 0.4) is 0 Å². The summed E-state index contributed by atoms with van der Waals surface area (Å²) in [7, 11) is 0. The Balaban J connectivity index is 1.91. The van der Waals surface area contributed by atoms with Crippen LogP contribution >= 0.6 is 0 Å².